The van der Waals surface area contributed by atoms with Crippen molar-refractivity contribution in [1.29, 1.82) is 0 Å². The third kappa shape index (κ3) is 6.58. The fraction of sp³-hybridized carbons (Fsp3) is 0.389. The van der Waals surface area contributed by atoms with Crippen molar-refractivity contribution in [2.45, 2.75) is 13.1 Å². The number of alkyl halides is 3. The summed E-state index contributed by atoms with van der Waals surface area (Å²) in [4.78, 5) is 29.9. The summed E-state index contributed by atoms with van der Waals surface area (Å²) in [5, 5.41) is 4.05. The lowest BCUT2D eigenvalue weighted by atomic mass is 10.1. The van der Waals surface area contributed by atoms with E-state index in [4.69, 9.17) is 4.74 Å². The highest BCUT2D eigenvalue weighted by atomic mass is 19.4. The highest BCUT2D eigenvalue weighted by Gasteiger charge is 2.31. The molecule has 13 heteroatoms. The standard InChI is InChI=1S/C18H20F3N7O3/c1-13-8-14(10-15(9-13)18(19,20)21)17-22-11-27(24-17)3-2-16(29)23-25-28(30)12-26-4-6-31-7-5-26/h2-3,8-11H,4-7,12H2,1H3,(H-,22,23,24,25,29,30)/p+1. The van der Waals surface area contributed by atoms with Gasteiger partial charge in [0.05, 0.1) is 23.7 Å². The summed E-state index contributed by atoms with van der Waals surface area (Å²) in [5.41, 5.74) is 4.25. The lowest BCUT2D eigenvalue weighted by Gasteiger charge is -2.21. The average Bonchev–Trinajstić information content (AvgIpc) is 3.19. The number of halogens is 3. The van der Waals surface area contributed by atoms with E-state index in [2.05, 4.69) is 21.0 Å². The van der Waals surface area contributed by atoms with Crippen LogP contribution in [0.3, 0.4) is 0 Å². The number of aromatic nitrogens is 3. The number of hydrogen-bond acceptors (Lipinski definition) is 6. The molecule has 1 saturated heterocycles. The number of nitroso groups, excluding NO2 is 1. The number of carbonyl (C=O) groups is 1. The molecular formula is C18H21F3N7O3+. The topological polar surface area (TPSA) is 104 Å². The fourth-order valence-electron chi connectivity index (χ4n) is 2.82. The zero-order valence-electron chi connectivity index (χ0n) is 16.6. The molecule has 31 heavy (non-hydrogen) atoms. The molecule has 1 amide bonds. The minimum absolute atomic E-state index is 0.0518. The van der Waals surface area contributed by atoms with E-state index in [1.54, 1.807) is 6.92 Å². The van der Waals surface area contributed by atoms with Gasteiger partial charge in [-0.25, -0.2) is 20.0 Å². The number of hydrazine groups is 2. The molecule has 3 rings (SSSR count). The minimum Gasteiger partial charge on any atom is -0.379 e. The van der Waals surface area contributed by atoms with Crippen LogP contribution < -0.4 is 11.0 Å². The number of carbonyl (C=O) groups excluding carboxylic acids is 1. The van der Waals surface area contributed by atoms with Gasteiger partial charge in [0.1, 0.15) is 6.33 Å². The summed E-state index contributed by atoms with van der Waals surface area (Å²) in [6.07, 6.45) is -0.886. The van der Waals surface area contributed by atoms with E-state index < -0.39 is 17.6 Å². The first-order chi connectivity index (χ1) is 14.7. The number of nitrogens with one attached hydrogen (secondary N) is 2. The molecule has 1 fully saturated rings. The Hall–Kier alpha value is -3.32. The normalized spacial score (nSPS) is 15.2. The van der Waals surface area contributed by atoms with Crippen LogP contribution in [-0.2, 0) is 15.7 Å². The maximum Gasteiger partial charge on any atom is 0.416 e. The molecule has 2 aromatic rings. The smallest absolute Gasteiger partial charge is 0.379 e. The molecular weight excluding hydrogens is 419 g/mol. The molecule has 1 aliphatic heterocycles. The number of hydrogen-bond donors (Lipinski definition) is 2. The number of benzene rings is 1. The lowest BCUT2D eigenvalue weighted by Crippen LogP contribution is -2.49. The third-order valence-corrected chi connectivity index (χ3v) is 4.29. The molecule has 2 heterocycles. The minimum atomic E-state index is -4.48. The van der Waals surface area contributed by atoms with Gasteiger partial charge in [-0.15, -0.1) is 5.10 Å². The van der Waals surface area contributed by atoms with Gasteiger partial charge >= 0.3 is 6.18 Å². The third-order valence-electron chi connectivity index (χ3n) is 4.29. The first-order valence-electron chi connectivity index (χ1n) is 9.30. The molecule has 0 spiro atoms. The Morgan fingerprint density at radius 1 is 1.29 bits per heavy atom. The maximum absolute atomic E-state index is 13.0. The van der Waals surface area contributed by atoms with Crippen molar-refractivity contribution in [1.82, 2.24) is 30.6 Å². The molecule has 1 aromatic carbocycles. The number of aryl methyl sites for hydroxylation is 1. The number of rotatable bonds is 7. The average molecular weight is 440 g/mol. The van der Waals surface area contributed by atoms with Crippen molar-refractivity contribution in [3.63, 3.8) is 0 Å². The van der Waals surface area contributed by atoms with Crippen LogP contribution in [0.5, 0.6) is 0 Å². The number of nitrogens with zero attached hydrogens (tertiary/aromatic N) is 5. The first-order valence-corrected chi connectivity index (χ1v) is 9.30. The zero-order chi connectivity index (χ0) is 22.4. The van der Waals surface area contributed by atoms with Crippen LogP contribution >= 0.6 is 0 Å². The Labute approximate surface area is 175 Å². The Morgan fingerprint density at radius 2 is 2.03 bits per heavy atom. The molecule has 0 atom stereocenters. The summed E-state index contributed by atoms with van der Waals surface area (Å²) < 4.78 is 45.4. The molecule has 2 N–H and O–H groups in total. The molecule has 10 nitrogen and oxygen atoms in total. The van der Waals surface area contributed by atoms with Crippen LogP contribution in [0, 0.1) is 11.8 Å². The van der Waals surface area contributed by atoms with Gasteiger partial charge in [-0.1, -0.05) is 5.53 Å². The van der Waals surface area contributed by atoms with Crippen molar-refractivity contribution in [2.75, 3.05) is 33.0 Å². The number of amides is 1. The van der Waals surface area contributed by atoms with Crippen LogP contribution in [0.25, 0.3) is 17.6 Å². The quantitative estimate of drug-likeness (QED) is 0.381. The van der Waals surface area contributed by atoms with Crippen molar-refractivity contribution in [3.05, 3.63) is 46.6 Å². The van der Waals surface area contributed by atoms with E-state index in [0.717, 1.165) is 18.2 Å². The monoisotopic (exact) mass is 440 g/mol. The van der Waals surface area contributed by atoms with Gasteiger partial charge in [-0.2, -0.15) is 13.2 Å². The molecule has 0 saturated carbocycles. The van der Waals surface area contributed by atoms with Gasteiger partial charge in [0.2, 0.25) is 0 Å². The second kappa shape index (κ2) is 9.66. The zero-order valence-corrected chi connectivity index (χ0v) is 16.6. The molecule has 0 bridgehead atoms. The van der Waals surface area contributed by atoms with Crippen molar-refractivity contribution in [3.8, 4) is 11.4 Å². The highest BCUT2D eigenvalue weighted by Crippen LogP contribution is 2.32. The SMILES string of the molecule is Cc1cc(-c2ncn(/C=C\C(=O)NN[N+](=O)CN3CCOCC3)n2)cc(C(F)(F)F)c1. The lowest BCUT2D eigenvalue weighted by molar-refractivity contribution is -0.631. The van der Waals surface area contributed by atoms with E-state index in [-0.39, 0.29) is 18.1 Å². The summed E-state index contributed by atoms with van der Waals surface area (Å²) in [7, 11) is 0. The van der Waals surface area contributed by atoms with Crippen LogP contribution in [0.2, 0.25) is 0 Å². The van der Waals surface area contributed by atoms with E-state index in [0.29, 0.717) is 36.7 Å². The van der Waals surface area contributed by atoms with E-state index >= 15 is 0 Å². The Kier molecular flexibility index (Phi) is 6.97. The Morgan fingerprint density at radius 3 is 2.74 bits per heavy atom. The molecule has 0 radical (unpaired) electrons. The molecule has 1 aromatic heterocycles. The number of ether oxygens (including phenoxy) is 1. The maximum atomic E-state index is 13.0. The van der Waals surface area contributed by atoms with Crippen molar-refractivity contribution >= 4 is 12.1 Å². The Balaban J connectivity index is 1.55. The summed E-state index contributed by atoms with van der Waals surface area (Å²) in [6.45, 7) is 3.93. The second-order valence-electron chi connectivity index (χ2n) is 6.80. The first kappa shape index (κ1) is 22.4. The predicted molar refractivity (Wildman–Crippen MR) is 103 cm³/mol. The van der Waals surface area contributed by atoms with Crippen LogP contribution in [-0.4, -0.2) is 63.4 Å². The van der Waals surface area contributed by atoms with E-state index in [9.17, 15) is 22.9 Å². The van der Waals surface area contributed by atoms with Crippen LogP contribution in [0.4, 0.5) is 13.2 Å². The fourth-order valence-corrected chi connectivity index (χ4v) is 2.82. The molecule has 166 valence electrons. The summed E-state index contributed by atoms with van der Waals surface area (Å²) in [5.74, 6) is -0.552. The highest BCUT2D eigenvalue weighted by molar-refractivity contribution is 5.89. The Bertz CT molecular complexity index is 969. The summed E-state index contributed by atoms with van der Waals surface area (Å²) >= 11 is 0. The number of morpholine rings is 1. The van der Waals surface area contributed by atoms with Gasteiger partial charge in [-0.3, -0.25) is 4.79 Å². The van der Waals surface area contributed by atoms with E-state index in [1.807, 2.05) is 4.90 Å². The van der Waals surface area contributed by atoms with E-state index in [1.165, 1.54) is 23.3 Å². The van der Waals surface area contributed by atoms with Crippen LogP contribution in [0.1, 0.15) is 11.1 Å². The van der Waals surface area contributed by atoms with Crippen molar-refractivity contribution in [2.24, 2.45) is 0 Å². The summed E-state index contributed by atoms with van der Waals surface area (Å²) in [6, 6.07) is 3.53. The largest absolute Gasteiger partial charge is 0.416 e. The van der Waals surface area contributed by atoms with Gasteiger partial charge in [-0.05, 0) is 30.7 Å². The molecule has 0 aliphatic carbocycles. The van der Waals surface area contributed by atoms with Crippen LogP contribution in [0.15, 0.2) is 30.6 Å². The second-order valence-corrected chi connectivity index (χ2v) is 6.80. The molecule has 1 aliphatic rings. The van der Waals surface area contributed by atoms with Gasteiger partial charge in [0.15, 0.2) is 10.7 Å². The predicted octanol–water partition coefficient (Wildman–Crippen LogP) is 1.35. The molecule has 0 unspecified atom stereocenters. The van der Waals surface area contributed by atoms with Gasteiger partial charge in [0, 0.05) is 30.9 Å². The van der Waals surface area contributed by atoms with Gasteiger partial charge < -0.3 is 4.74 Å². The van der Waals surface area contributed by atoms with Gasteiger partial charge in [0.25, 0.3) is 12.6 Å². The van der Waals surface area contributed by atoms with Crippen molar-refractivity contribution < 1.29 is 27.6 Å².